The van der Waals surface area contributed by atoms with Crippen molar-refractivity contribution in [3.8, 4) is 0 Å². The summed E-state index contributed by atoms with van der Waals surface area (Å²) in [5.41, 5.74) is 0.467. The van der Waals surface area contributed by atoms with E-state index in [0.717, 1.165) is 0 Å². The zero-order chi connectivity index (χ0) is 18.8. The maximum Gasteiger partial charge on any atom is 0.183 e. The monoisotopic (exact) mass is 345 g/mol. The molecule has 0 bridgehead atoms. The molecule has 1 unspecified atom stereocenters. The summed E-state index contributed by atoms with van der Waals surface area (Å²) in [7, 11) is 3.67. The molecule has 1 rings (SSSR count). The molecular formula is C16H24O8. The SMILES string of the molecule is [2H]C(C(=O)[C@@H](OOC)[C@H](OOC)[C@H](OOC)[C@H](C)O)c1ccccc1. The predicted molar refractivity (Wildman–Crippen MR) is 82.5 cm³/mol. The molecule has 1 aromatic rings. The van der Waals surface area contributed by atoms with Crippen LogP contribution in [-0.2, 0) is 40.5 Å². The largest absolute Gasteiger partial charge is 0.390 e. The number of ketones is 1. The molecule has 5 atom stereocenters. The molecular weight excluding hydrogens is 320 g/mol. The number of benzene rings is 1. The molecule has 0 spiro atoms. The molecule has 0 aliphatic carbocycles. The first-order valence-corrected chi connectivity index (χ1v) is 7.25. The number of rotatable bonds is 12. The minimum Gasteiger partial charge on any atom is -0.390 e. The lowest BCUT2D eigenvalue weighted by molar-refractivity contribution is -0.415. The number of Topliss-reactive ketones (excluding diaryl/α,β-unsaturated/α-hetero) is 1. The Bertz CT molecular complexity index is 498. The highest BCUT2D eigenvalue weighted by Gasteiger charge is 2.41. The number of carbonyl (C=O) groups excluding carboxylic acids is 1. The van der Waals surface area contributed by atoms with Crippen molar-refractivity contribution in [2.45, 2.75) is 37.7 Å². The number of hydrogen-bond donors (Lipinski definition) is 1. The Kier molecular flexibility index (Phi) is 8.85. The zero-order valence-electron chi connectivity index (χ0n) is 15.1. The summed E-state index contributed by atoms with van der Waals surface area (Å²) in [6, 6.07) is 8.49. The molecule has 8 nitrogen and oxygen atoms in total. The van der Waals surface area contributed by atoms with E-state index in [2.05, 4.69) is 14.7 Å². The molecule has 0 saturated heterocycles. The zero-order valence-corrected chi connectivity index (χ0v) is 14.1. The molecule has 24 heavy (non-hydrogen) atoms. The maximum atomic E-state index is 12.8. The summed E-state index contributed by atoms with van der Waals surface area (Å²) >= 11 is 0. The standard InChI is InChI=1S/C16H24O8/c1-11(17)14(22-19-2)16(24-21-4)15(23-20-3)13(18)10-12-8-6-5-7-9-12/h5-9,11,14-17H,10H2,1-4H3/t11-,14+,15+,16+/m0/s1/i10D/t10?,11-,14+,15+,16+. The van der Waals surface area contributed by atoms with E-state index in [1.807, 2.05) is 0 Å². The highest BCUT2D eigenvalue weighted by Crippen LogP contribution is 2.19. The third kappa shape index (κ3) is 6.25. The van der Waals surface area contributed by atoms with Crippen molar-refractivity contribution < 1.29 is 40.6 Å². The van der Waals surface area contributed by atoms with Crippen LogP contribution in [0.4, 0.5) is 0 Å². The molecule has 0 aliphatic rings. The van der Waals surface area contributed by atoms with Gasteiger partial charge in [-0.2, -0.15) is 0 Å². The summed E-state index contributed by atoms with van der Waals surface area (Å²) < 4.78 is 8.19. The summed E-state index contributed by atoms with van der Waals surface area (Å²) in [5.74, 6) is -0.666. The van der Waals surface area contributed by atoms with Gasteiger partial charge in [0.2, 0.25) is 0 Å². The Labute approximate surface area is 142 Å². The third-order valence-corrected chi connectivity index (χ3v) is 3.10. The molecule has 8 heteroatoms. The Hall–Kier alpha value is -1.39. The van der Waals surface area contributed by atoms with Crippen molar-refractivity contribution in [2.75, 3.05) is 21.3 Å². The smallest absolute Gasteiger partial charge is 0.183 e. The molecule has 0 radical (unpaired) electrons. The third-order valence-electron chi connectivity index (χ3n) is 3.10. The normalized spacial score (nSPS) is 18.3. The predicted octanol–water partition coefficient (Wildman–Crippen LogP) is 1.02. The van der Waals surface area contributed by atoms with E-state index in [1.165, 1.54) is 28.3 Å². The molecule has 0 saturated carbocycles. The van der Waals surface area contributed by atoms with Crippen LogP contribution < -0.4 is 0 Å². The maximum absolute atomic E-state index is 12.8. The summed E-state index contributed by atoms with van der Waals surface area (Å²) in [6.45, 7) is 1.42. The van der Waals surface area contributed by atoms with Gasteiger partial charge in [0, 0.05) is 7.77 Å². The minimum atomic E-state index is -1.41. The second-order valence-electron chi connectivity index (χ2n) is 4.84. The second kappa shape index (κ2) is 11.2. The fourth-order valence-corrected chi connectivity index (χ4v) is 2.07. The van der Waals surface area contributed by atoms with Crippen LogP contribution in [0.2, 0.25) is 0 Å². The lowest BCUT2D eigenvalue weighted by Gasteiger charge is -2.30. The molecule has 0 fully saturated rings. The van der Waals surface area contributed by atoms with Crippen molar-refractivity contribution in [2.24, 2.45) is 0 Å². The van der Waals surface area contributed by atoms with E-state index < -0.39 is 36.6 Å². The number of carbonyl (C=O) groups is 1. The van der Waals surface area contributed by atoms with Crippen LogP contribution >= 0.6 is 0 Å². The summed E-state index contributed by atoms with van der Waals surface area (Å²) in [4.78, 5) is 41.7. The van der Waals surface area contributed by atoms with Crippen LogP contribution in [0.15, 0.2) is 30.3 Å². The fraction of sp³-hybridized carbons (Fsp3) is 0.562. The molecule has 0 amide bonds. The van der Waals surface area contributed by atoms with Crippen molar-refractivity contribution >= 4 is 5.78 Å². The molecule has 0 heterocycles. The van der Waals surface area contributed by atoms with Gasteiger partial charge in [-0.15, -0.1) is 0 Å². The molecule has 1 N–H and O–H groups in total. The topological polar surface area (TPSA) is 92.7 Å². The van der Waals surface area contributed by atoms with Crippen LogP contribution in [0.3, 0.4) is 0 Å². The number of hydrogen-bond acceptors (Lipinski definition) is 8. The van der Waals surface area contributed by atoms with Gasteiger partial charge in [-0.1, -0.05) is 30.3 Å². The van der Waals surface area contributed by atoms with E-state index in [4.69, 9.17) is 16.0 Å². The molecule has 0 aliphatic heterocycles. The van der Waals surface area contributed by atoms with E-state index in [1.54, 1.807) is 30.3 Å². The minimum absolute atomic E-state index is 0.467. The van der Waals surface area contributed by atoms with Crippen LogP contribution in [-0.4, -0.2) is 56.6 Å². The van der Waals surface area contributed by atoms with Gasteiger partial charge in [0.1, 0.15) is 0 Å². The lowest BCUT2D eigenvalue weighted by atomic mass is 9.97. The van der Waals surface area contributed by atoms with Crippen molar-refractivity contribution in [3.05, 3.63) is 35.9 Å². The Balaban J connectivity index is 3.12. The van der Waals surface area contributed by atoms with Crippen molar-refractivity contribution in [1.29, 1.82) is 0 Å². The Morgan fingerprint density at radius 2 is 1.58 bits per heavy atom. The summed E-state index contributed by atoms with van der Waals surface area (Å²) in [5, 5.41) is 9.90. The fourth-order valence-electron chi connectivity index (χ4n) is 2.07. The van der Waals surface area contributed by atoms with Gasteiger partial charge in [-0.05, 0) is 12.5 Å². The van der Waals surface area contributed by atoms with Crippen LogP contribution in [0.25, 0.3) is 0 Å². The van der Waals surface area contributed by atoms with E-state index >= 15 is 0 Å². The second-order valence-corrected chi connectivity index (χ2v) is 4.84. The Morgan fingerprint density at radius 1 is 1.04 bits per heavy atom. The number of aliphatic hydroxyl groups is 1. The van der Waals surface area contributed by atoms with Crippen molar-refractivity contribution in [3.63, 3.8) is 0 Å². The van der Waals surface area contributed by atoms with Gasteiger partial charge in [-0.3, -0.25) is 4.79 Å². The molecule has 136 valence electrons. The highest BCUT2D eigenvalue weighted by molar-refractivity contribution is 5.85. The van der Waals surface area contributed by atoms with Gasteiger partial charge in [0.15, 0.2) is 24.1 Å². The van der Waals surface area contributed by atoms with Crippen LogP contribution in [0, 0.1) is 0 Å². The first kappa shape index (κ1) is 18.9. The molecule has 1 aromatic carbocycles. The first-order valence-electron chi connectivity index (χ1n) is 7.83. The van der Waals surface area contributed by atoms with E-state index in [9.17, 15) is 9.90 Å². The summed E-state index contributed by atoms with van der Waals surface area (Å²) in [6.07, 6.45) is -6.17. The van der Waals surface area contributed by atoms with E-state index in [0.29, 0.717) is 5.56 Å². The van der Waals surface area contributed by atoms with Crippen LogP contribution in [0.5, 0.6) is 0 Å². The lowest BCUT2D eigenvalue weighted by Crippen LogP contribution is -2.51. The van der Waals surface area contributed by atoms with Gasteiger partial charge in [0.05, 0.1) is 27.4 Å². The number of aliphatic hydroxyl groups excluding tert-OH is 1. The average Bonchev–Trinajstić information content (AvgIpc) is 2.62. The molecule has 0 aromatic heterocycles. The van der Waals surface area contributed by atoms with Gasteiger partial charge in [-0.25, -0.2) is 29.3 Å². The van der Waals surface area contributed by atoms with Gasteiger partial charge < -0.3 is 5.11 Å². The Morgan fingerprint density at radius 3 is 2.08 bits per heavy atom. The highest BCUT2D eigenvalue weighted by atomic mass is 17.2. The van der Waals surface area contributed by atoms with Crippen LogP contribution in [0.1, 0.15) is 13.9 Å². The van der Waals surface area contributed by atoms with Gasteiger partial charge >= 0.3 is 0 Å². The van der Waals surface area contributed by atoms with Crippen molar-refractivity contribution in [1.82, 2.24) is 0 Å². The van der Waals surface area contributed by atoms with E-state index in [-0.39, 0.29) is 0 Å². The average molecular weight is 345 g/mol. The quantitative estimate of drug-likeness (QED) is 0.443. The first-order chi connectivity index (χ1) is 12.0. The van der Waals surface area contributed by atoms with Gasteiger partial charge in [0.25, 0.3) is 0 Å².